The van der Waals surface area contributed by atoms with E-state index in [1.807, 2.05) is 5.32 Å². The maximum absolute atomic E-state index is 13.4. The Hall–Kier alpha value is -2.58. The Labute approximate surface area is 169 Å². The van der Waals surface area contributed by atoms with Gasteiger partial charge in [-0.1, -0.05) is 39.8 Å². The number of carbonyl (C=O) groups excluding carboxylic acids is 2. The number of pyridine rings is 1. The van der Waals surface area contributed by atoms with Crippen molar-refractivity contribution in [2.45, 2.75) is 11.2 Å². The van der Waals surface area contributed by atoms with Crippen LogP contribution in [0.5, 0.6) is 0 Å². The van der Waals surface area contributed by atoms with Gasteiger partial charge in [0, 0.05) is 10.0 Å². The van der Waals surface area contributed by atoms with E-state index in [1.54, 1.807) is 24.3 Å². The predicted octanol–water partition coefficient (Wildman–Crippen LogP) is 2.36. The second-order valence-corrected chi connectivity index (χ2v) is 7.17. The zero-order chi connectivity index (χ0) is 20.9. The minimum Gasteiger partial charge on any atom is -0.548 e. The van der Waals surface area contributed by atoms with Gasteiger partial charge in [0.05, 0.1) is 35.1 Å². The first-order chi connectivity index (χ1) is 13.1. The normalized spacial score (nSPS) is 11.0. The van der Waals surface area contributed by atoms with Gasteiger partial charge in [-0.25, -0.2) is 4.98 Å². The first-order valence-corrected chi connectivity index (χ1v) is 9.27. The standard InChI is InChI=1S/C17H11BrF3N3O3S/c18-10-3-1-9(2-4-10)13-5-12(17(19,20)21)11(6-22)16(24-13)28-8-14(25)23-7-15(26)27/h1-5H,7-8H2,(H,23,25)(H,26,27)/p-1. The van der Waals surface area contributed by atoms with Crippen LogP contribution in [0.15, 0.2) is 39.8 Å². The summed E-state index contributed by atoms with van der Waals surface area (Å²) in [5.74, 6) is -2.68. The summed E-state index contributed by atoms with van der Waals surface area (Å²) in [6.07, 6.45) is -4.80. The highest BCUT2D eigenvalue weighted by atomic mass is 79.9. The van der Waals surface area contributed by atoms with Crippen molar-refractivity contribution in [2.75, 3.05) is 12.3 Å². The summed E-state index contributed by atoms with van der Waals surface area (Å²) in [5, 5.41) is 21.3. The number of carboxylic acid groups (broad SMARTS) is 1. The van der Waals surface area contributed by atoms with Crippen LogP contribution >= 0.6 is 27.7 Å². The molecule has 0 saturated heterocycles. The smallest absolute Gasteiger partial charge is 0.417 e. The van der Waals surface area contributed by atoms with Crippen molar-refractivity contribution < 1.29 is 27.9 Å². The van der Waals surface area contributed by atoms with Crippen molar-refractivity contribution in [1.82, 2.24) is 10.3 Å². The molecule has 1 heterocycles. The Kier molecular flexibility index (Phi) is 7.04. The average molecular weight is 473 g/mol. The van der Waals surface area contributed by atoms with Gasteiger partial charge >= 0.3 is 6.18 Å². The van der Waals surface area contributed by atoms with Crippen LogP contribution in [-0.2, 0) is 15.8 Å². The molecule has 11 heteroatoms. The number of amides is 1. The number of aliphatic carboxylic acids is 1. The van der Waals surface area contributed by atoms with Gasteiger partial charge < -0.3 is 15.2 Å². The number of rotatable bonds is 6. The van der Waals surface area contributed by atoms with E-state index in [4.69, 9.17) is 0 Å². The highest BCUT2D eigenvalue weighted by molar-refractivity contribution is 9.10. The number of aromatic nitrogens is 1. The number of nitrogens with zero attached hydrogens (tertiary/aromatic N) is 2. The molecular formula is C17H10BrF3N3O3S-. The molecule has 0 aliphatic carbocycles. The molecule has 1 aromatic heterocycles. The third kappa shape index (κ3) is 5.71. The van der Waals surface area contributed by atoms with Gasteiger partial charge in [-0.15, -0.1) is 0 Å². The van der Waals surface area contributed by atoms with Crippen LogP contribution < -0.4 is 10.4 Å². The zero-order valence-electron chi connectivity index (χ0n) is 13.8. The quantitative estimate of drug-likeness (QED) is 0.646. The minimum absolute atomic E-state index is 0.0172. The molecule has 0 aliphatic heterocycles. The van der Waals surface area contributed by atoms with Crippen molar-refractivity contribution >= 4 is 39.6 Å². The Morgan fingerprint density at radius 1 is 1.29 bits per heavy atom. The highest BCUT2D eigenvalue weighted by Crippen LogP contribution is 2.38. The van der Waals surface area contributed by atoms with Crippen molar-refractivity contribution in [3.63, 3.8) is 0 Å². The zero-order valence-corrected chi connectivity index (χ0v) is 16.2. The lowest BCUT2D eigenvalue weighted by Crippen LogP contribution is -2.38. The number of alkyl halides is 3. The van der Waals surface area contributed by atoms with E-state index < -0.39 is 41.5 Å². The van der Waals surface area contributed by atoms with E-state index in [0.717, 1.165) is 10.5 Å². The van der Waals surface area contributed by atoms with Gasteiger partial charge in [0.15, 0.2) is 0 Å². The molecule has 0 radical (unpaired) electrons. The van der Waals surface area contributed by atoms with Gasteiger partial charge in [-0.2, -0.15) is 18.4 Å². The van der Waals surface area contributed by atoms with E-state index >= 15 is 0 Å². The number of nitriles is 1. The highest BCUT2D eigenvalue weighted by Gasteiger charge is 2.36. The van der Waals surface area contributed by atoms with Crippen LogP contribution in [0.2, 0.25) is 0 Å². The summed E-state index contributed by atoms with van der Waals surface area (Å²) in [6, 6.07) is 8.63. The van der Waals surface area contributed by atoms with Crippen LogP contribution in [0.4, 0.5) is 13.2 Å². The number of carbonyl (C=O) groups is 2. The number of hydrogen-bond acceptors (Lipinski definition) is 6. The van der Waals surface area contributed by atoms with Crippen LogP contribution in [0.3, 0.4) is 0 Å². The molecular weight excluding hydrogens is 463 g/mol. The Balaban J connectivity index is 2.43. The van der Waals surface area contributed by atoms with Crippen molar-refractivity contribution in [3.8, 4) is 17.3 Å². The summed E-state index contributed by atoms with van der Waals surface area (Å²) < 4.78 is 41.0. The maximum Gasteiger partial charge on any atom is 0.417 e. The Morgan fingerprint density at radius 3 is 2.46 bits per heavy atom. The van der Waals surface area contributed by atoms with Crippen molar-refractivity contribution in [1.29, 1.82) is 5.26 Å². The topological polar surface area (TPSA) is 106 Å². The molecule has 2 aromatic rings. The van der Waals surface area contributed by atoms with E-state index in [-0.39, 0.29) is 10.7 Å². The van der Waals surface area contributed by atoms with E-state index in [0.29, 0.717) is 17.3 Å². The average Bonchev–Trinajstić information content (AvgIpc) is 2.63. The van der Waals surface area contributed by atoms with E-state index in [1.165, 1.54) is 6.07 Å². The molecule has 0 fully saturated rings. The molecule has 0 atom stereocenters. The van der Waals surface area contributed by atoms with Gasteiger partial charge in [0.1, 0.15) is 11.1 Å². The molecule has 1 amide bonds. The number of halogens is 4. The summed E-state index contributed by atoms with van der Waals surface area (Å²) in [7, 11) is 0. The lowest BCUT2D eigenvalue weighted by atomic mass is 10.1. The van der Waals surface area contributed by atoms with E-state index in [9.17, 15) is 33.1 Å². The van der Waals surface area contributed by atoms with Gasteiger partial charge in [0.25, 0.3) is 0 Å². The molecule has 0 saturated carbocycles. The van der Waals surface area contributed by atoms with Crippen LogP contribution in [0, 0.1) is 11.3 Å². The van der Waals surface area contributed by atoms with Crippen molar-refractivity contribution in [3.05, 3.63) is 45.9 Å². The molecule has 1 aromatic carbocycles. The number of nitrogens with one attached hydrogen (secondary N) is 1. The van der Waals surface area contributed by atoms with E-state index in [2.05, 4.69) is 20.9 Å². The van der Waals surface area contributed by atoms with Crippen LogP contribution in [-0.4, -0.2) is 29.2 Å². The molecule has 0 spiro atoms. The van der Waals surface area contributed by atoms with Gasteiger partial charge in [-0.3, -0.25) is 4.79 Å². The third-order valence-electron chi connectivity index (χ3n) is 3.31. The summed E-state index contributed by atoms with van der Waals surface area (Å²) in [6.45, 7) is -0.731. The summed E-state index contributed by atoms with van der Waals surface area (Å²) >= 11 is 3.83. The van der Waals surface area contributed by atoms with Crippen molar-refractivity contribution in [2.24, 2.45) is 0 Å². The fourth-order valence-electron chi connectivity index (χ4n) is 2.08. The summed E-state index contributed by atoms with van der Waals surface area (Å²) in [5.41, 5.74) is -1.50. The molecule has 1 N–H and O–H groups in total. The molecule has 146 valence electrons. The second-order valence-electron chi connectivity index (χ2n) is 5.29. The molecule has 6 nitrogen and oxygen atoms in total. The SMILES string of the molecule is N#Cc1c(C(F)(F)F)cc(-c2ccc(Br)cc2)nc1SCC(=O)NCC(=O)[O-]. The molecule has 28 heavy (non-hydrogen) atoms. The summed E-state index contributed by atoms with van der Waals surface area (Å²) in [4.78, 5) is 26.1. The number of hydrogen-bond donors (Lipinski definition) is 1. The first-order valence-electron chi connectivity index (χ1n) is 7.49. The minimum atomic E-state index is -4.80. The first kappa shape index (κ1) is 21.7. The maximum atomic E-state index is 13.4. The molecule has 0 bridgehead atoms. The lowest BCUT2D eigenvalue weighted by molar-refractivity contribution is -0.304. The fraction of sp³-hybridized carbons (Fsp3) is 0.176. The number of thioether (sulfide) groups is 1. The Bertz CT molecular complexity index is 944. The Morgan fingerprint density at radius 2 is 1.93 bits per heavy atom. The number of carboxylic acids is 1. The third-order valence-corrected chi connectivity index (χ3v) is 4.82. The van der Waals surface area contributed by atoms with Gasteiger partial charge in [-0.05, 0) is 18.2 Å². The fourth-order valence-corrected chi connectivity index (χ4v) is 3.18. The second kappa shape index (κ2) is 9.07. The van der Waals surface area contributed by atoms with Crippen LogP contribution in [0.25, 0.3) is 11.3 Å². The lowest BCUT2D eigenvalue weighted by Gasteiger charge is -2.14. The molecule has 2 rings (SSSR count). The molecule has 0 aliphatic rings. The van der Waals surface area contributed by atoms with Crippen LogP contribution in [0.1, 0.15) is 11.1 Å². The van der Waals surface area contributed by atoms with Gasteiger partial charge in [0.2, 0.25) is 5.91 Å². The monoisotopic (exact) mass is 472 g/mol. The largest absolute Gasteiger partial charge is 0.548 e. The predicted molar refractivity (Wildman–Crippen MR) is 95.8 cm³/mol. The molecule has 0 unspecified atom stereocenters. The number of benzene rings is 1.